The first-order chi connectivity index (χ1) is 10.2. The van der Waals surface area contributed by atoms with Crippen LogP contribution in [0.15, 0.2) is 41.1 Å². The number of carbonyl (C=O) groups is 1. The molecule has 0 atom stereocenters. The Morgan fingerprint density at radius 3 is 2.90 bits per heavy atom. The van der Waals surface area contributed by atoms with Gasteiger partial charge in [0.15, 0.2) is 0 Å². The Morgan fingerprint density at radius 1 is 1.43 bits per heavy atom. The fraction of sp³-hybridized carbons (Fsp3) is 0.267. The molecule has 2 rings (SSSR count). The van der Waals surface area contributed by atoms with E-state index in [1.807, 2.05) is 6.07 Å². The predicted molar refractivity (Wildman–Crippen MR) is 76.7 cm³/mol. The monoisotopic (exact) mass is 284 g/mol. The molecule has 2 aromatic heterocycles. The maximum absolute atomic E-state index is 12.3. The summed E-state index contributed by atoms with van der Waals surface area (Å²) >= 11 is 0. The van der Waals surface area contributed by atoms with Crippen molar-refractivity contribution in [2.45, 2.75) is 19.4 Å². The van der Waals surface area contributed by atoms with Crippen LogP contribution >= 0.6 is 0 Å². The molecule has 0 saturated carbocycles. The smallest absolute Gasteiger partial charge is 0.229 e. The number of rotatable bonds is 6. The number of nitrogen functional groups attached to an aromatic ring is 1. The first kappa shape index (κ1) is 14.6. The third-order valence-electron chi connectivity index (χ3n) is 2.95. The molecule has 0 radical (unpaired) electrons. The van der Waals surface area contributed by atoms with Gasteiger partial charge in [-0.05, 0) is 24.3 Å². The highest BCUT2D eigenvalue weighted by Gasteiger charge is 2.16. The summed E-state index contributed by atoms with van der Waals surface area (Å²) in [5.74, 6) is 0.588. The van der Waals surface area contributed by atoms with Crippen molar-refractivity contribution in [1.82, 2.24) is 9.88 Å². The van der Waals surface area contributed by atoms with Crippen LogP contribution in [0.25, 0.3) is 0 Å². The average Bonchev–Trinajstić information content (AvgIpc) is 2.98. The molecule has 6 heteroatoms. The van der Waals surface area contributed by atoms with E-state index < -0.39 is 0 Å². The first-order valence-electron chi connectivity index (χ1n) is 6.56. The summed E-state index contributed by atoms with van der Waals surface area (Å²) in [6.45, 7) is 0.716. The van der Waals surface area contributed by atoms with E-state index in [2.05, 4.69) is 4.98 Å². The Kier molecular flexibility index (Phi) is 4.94. The zero-order valence-corrected chi connectivity index (χ0v) is 11.5. The van der Waals surface area contributed by atoms with Crippen LogP contribution < -0.4 is 5.73 Å². The van der Waals surface area contributed by atoms with E-state index in [9.17, 15) is 4.79 Å². The third-order valence-corrected chi connectivity index (χ3v) is 2.95. The summed E-state index contributed by atoms with van der Waals surface area (Å²) < 4.78 is 5.25. The van der Waals surface area contributed by atoms with Gasteiger partial charge in [0.05, 0.1) is 43.6 Å². The molecule has 0 unspecified atom stereocenters. The second-order valence-corrected chi connectivity index (χ2v) is 4.56. The van der Waals surface area contributed by atoms with Gasteiger partial charge in [0.1, 0.15) is 5.76 Å². The highest BCUT2D eigenvalue weighted by molar-refractivity contribution is 5.78. The first-order valence-corrected chi connectivity index (χ1v) is 6.56. The van der Waals surface area contributed by atoms with Crippen molar-refractivity contribution in [3.63, 3.8) is 0 Å². The van der Waals surface area contributed by atoms with Crippen LogP contribution in [0, 0.1) is 11.3 Å². The van der Waals surface area contributed by atoms with Gasteiger partial charge in [0, 0.05) is 12.2 Å². The lowest BCUT2D eigenvalue weighted by Gasteiger charge is -2.20. The SMILES string of the molecule is N#CCCN(Cc1ccco1)C(=O)Cc1ccc(N)cn1. The summed E-state index contributed by atoms with van der Waals surface area (Å²) in [7, 11) is 0. The summed E-state index contributed by atoms with van der Waals surface area (Å²) in [6, 6.07) is 9.05. The van der Waals surface area contributed by atoms with Gasteiger partial charge in [-0.3, -0.25) is 9.78 Å². The lowest BCUT2D eigenvalue weighted by molar-refractivity contribution is -0.131. The van der Waals surface area contributed by atoms with Gasteiger partial charge in [-0.15, -0.1) is 0 Å². The van der Waals surface area contributed by atoms with Gasteiger partial charge in [-0.2, -0.15) is 5.26 Å². The summed E-state index contributed by atoms with van der Waals surface area (Å²) in [5.41, 5.74) is 6.77. The van der Waals surface area contributed by atoms with E-state index in [4.69, 9.17) is 15.4 Å². The van der Waals surface area contributed by atoms with Crippen LogP contribution in [0.5, 0.6) is 0 Å². The summed E-state index contributed by atoms with van der Waals surface area (Å²) in [4.78, 5) is 18.0. The van der Waals surface area contributed by atoms with E-state index in [-0.39, 0.29) is 18.7 Å². The lowest BCUT2D eigenvalue weighted by Crippen LogP contribution is -2.32. The van der Waals surface area contributed by atoms with Crippen molar-refractivity contribution in [1.29, 1.82) is 5.26 Å². The number of hydrogen-bond donors (Lipinski definition) is 1. The van der Waals surface area contributed by atoms with Gasteiger partial charge in [0.2, 0.25) is 5.91 Å². The van der Waals surface area contributed by atoms with Crippen LogP contribution in [0.1, 0.15) is 17.9 Å². The van der Waals surface area contributed by atoms with Crippen molar-refractivity contribution in [3.8, 4) is 6.07 Å². The molecular formula is C15H16N4O2. The Hall–Kier alpha value is -2.81. The molecule has 0 aromatic carbocycles. The van der Waals surface area contributed by atoms with Crippen LogP contribution in [0.2, 0.25) is 0 Å². The number of furan rings is 1. The largest absolute Gasteiger partial charge is 0.467 e. The maximum Gasteiger partial charge on any atom is 0.229 e. The van der Waals surface area contributed by atoms with Crippen molar-refractivity contribution >= 4 is 11.6 Å². The van der Waals surface area contributed by atoms with E-state index in [1.54, 1.807) is 35.4 Å². The molecule has 21 heavy (non-hydrogen) atoms. The standard InChI is InChI=1S/C15H16N4O2/c16-6-2-7-19(11-14-3-1-8-21-14)15(20)9-13-5-4-12(17)10-18-13/h1,3-5,8,10H,2,7,9,11,17H2. The Bertz CT molecular complexity index is 614. The Morgan fingerprint density at radius 2 is 2.29 bits per heavy atom. The lowest BCUT2D eigenvalue weighted by atomic mass is 10.2. The number of nitriles is 1. The van der Waals surface area contributed by atoms with Crippen LogP contribution in [0.3, 0.4) is 0 Å². The molecule has 2 N–H and O–H groups in total. The quantitative estimate of drug-likeness (QED) is 0.871. The average molecular weight is 284 g/mol. The molecule has 2 aromatic rings. The molecule has 0 aliphatic heterocycles. The molecule has 0 saturated heterocycles. The second-order valence-electron chi connectivity index (χ2n) is 4.56. The number of pyridine rings is 1. The Balaban J connectivity index is 2.02. The molecule has 0 spiro atoms. The number of carbonyl (C=O) groups excluding carboxylic acids is 1. The normalized spacial score (nSPS) is 10.0. The van der Waals surface area contributed by atoms with Gasteiger partial charge in [-0.25, -0.2) is 0 Å². The number of amides is 1. The highest BCUT2D eigenvalue weighted by Crippen LogP contribution is 2.09. The predicted octanol–water partition coefficient (Wildman–Crippen LogP) is 1.74. The third kappa shape index (κ3) is 4.35. The second kappa shape index (κ2) is 7.10. The topological polar surface area (TPSA) is 96.2 Å². The van der Waals surface area contributed by atoms with E-state index >= 15 is 0 Å². The Labute approximate surface area is 122 Å². The fourth-order valence-electron chi connectivity index (χ4n) is 1.87. The minimum Gasteiger partial charge on any atom is -0.467 e. The summed E-state index contributed by atoms with van der Waals surface area (Å²) in [5, 5.41) is 8.71. The van der Waals surface area contributed by atoms with Gasteiger partial charge in [0.25, 0.3) is 0 Å². The van der Waals surface area contributed by atoms with Crippen LogP contribution in [-0.4, -0.2) is 22.3 Å². The number of nitrogens with zero attached hydrogens (tertiary/aromatic N) is 3. The van der Waals surface area contributed by atoms with E-state index in [0.29, 0.717) is 30.2 Å². The van der Waals surface area contributed by atoms with Crippen molar-refractivity contribution in [2.24, 2.45) is 0 Å². The molecule has 0 aliphatic carbocycles. The van der Waals surface area contributed by atoms with Gasteiger partial charge in [-0.1, -0.05) is 0 Å². The summed E-state index contributed by atoms with van der Waals surface area (Å²) in [6.07, 6.45) is 3.53. The number of nitrogens with two attached hydrogens (primary N) is 1. The van der Waals surface area contributed by atoms with E-state index in [0.717, 1.165) is 0 Å². The van der Waals surface area contributed by atoms with Crippen molar-refractivity contribution in [3.05, 3.63) is 48.2 Å². The molecule has 1 amide bonds. The highest BCUT2D eigenvalue weighted by atomic mass is 16.3. The van der Waals surface area contributed by atoms with Gasteiger partial charge < -0.3 is 15.1 Å². The molecule has 0 fully saturated rings. The zero-order valence-electron chi connectivity index (χ0n) is 11.5. The number of anilines is 1. The zero-order chi connectivity index (χ0) is 15.1. The molecule has 6 nitrogen and oxygen atoms in total. The molecule has 0 bridgehead atoms. The van der Waals surface area contributed by atoms with Crippen LogP contribution in [-0.2, 0) is 17.8 Å². The van der Waals surface area contributed by atoms with Crippen molar-refractivity contribution < 1.29 is 9.21 Å². The number of hydrogen-bond acceptors (Lipinski definition) is 5. The maximum atomic E-state index is 12.3. The molecule has 2 heterocycles. The fourth-order valence-corrected chi connectivity index (χ4v) is 1.87. The number of aromatic nitrogens is 1. The molecule has 0 aliphatic rings. The molecular weight excluding hydrogens is 268 g/mol. The molecule has 108 valence electrons. The van der Waals surface area contributed by atoms with Gasteiger partial charge >= 0.3 is 0 Å². The minimum absolute atomic E-state index is 0.0982. The van der Waals surface area contributed by atoms with E-state index in [1.165, 1.54) is 6.20 Å². The minimum atomic E-state index is -0.0982. The van der Waals surface area contributed by atoms with Crippen LogP contribution in [0.4, 0.5) is 5.69 Å². The van der Waals surface area contributed by atoms with Crippen molar-refractivity contribution in [2.75, 3.05) is 12.3 Å².